The van der Waals surface area contributed by atoms with Crippen molar-refractivity contribution in [2.24, 2.45) is 11.8 Å². The molecule has 30 heavy (non-hydrogen) atoms. The van der Waals surface area contributed by atoms with Gasteiger partial charge in [0, 0.05) is 30.6 Å². The van der Waals surface area contributed by atoms with E-state index in [0.717, 1.165) is 44.3 Å². The van der Waals surface area contributed by atoms with Gasteiger partial charge in [0.2, 0.25) is 5.91 Å². The molecule has 3 N–H and O–H groups in total. The fraction of sp³-hybridized carbons (Fsp3) is 0.762. The average Bonchev–Trinajstić information content (AvgIpc) is 3.05. The summed E-state index contributed by atoms with van der Waals surface area (Å²) >= 11 is 1.59. The summed E-state index contributed by atoms with van der Waals surface area (Å²) in [7, 11) is 6.17. The van der Waals surface area contributed by atoms with E-state index in [1.54, 1.807) is 11.3 Å². The van der Waals surface area contributed by atoms with Gasteiger partial charge >= 0.3 is 6.03 Å². The zero-order chi connectivity index (χ0) is 21.8. The van der Waals surface area contributed by atoms with Gasteiger partial charge in [-0.25, -0.2) is 9.78 Å². The van der Waals surface area contributed by atoms with Crippen LogP contribution in [0.5, 0.6) is 0 Å². The number of unbranched alkanes of at least 4 members (excludes halogenated alkanes) is 1. The van der Waals surface area contributed by atoms with Gasteiger partial charge in [-0.2, -0.15) is 0 Å². The van der Waals surface area contributed by atoms with E-state index in [1.807, 2.05) is 21.0 Å². The van der Waals surface area contributed by atoms with Crippen molar-refractivity contribution in [2.45, 2.75) is 45.1 Å². The summed E-state index contributed by atoms with van der Waals surface area (Å²) in [6.07, 6.45) is 4.55. The van der Waals surface area contributed by atoms with Crippen molar-refractivity contribution < 1.29 is 9.59 Å². The molecular formula is C21H36N6O2S. The van der Waals surface area contributed by atoms with E-state index in [4.69, 9.17) is 5.73 Å². The third-order valence-electron chi connectivity index (χ3n) is 6.34. The van der Waals surface area contributed by atoms with E-state index in [1.165, 1.54) is 9.78 Å². The van der Waals surface area contributed by atoms with Gasteiger partial charge in [-0.1, -0.05) is 0 Å². The van der Waals surface area contributed by atoms with E-state index in [2.05, 4.69) is 27.1 Å². The first-order chi connectivity index (χ1) is 14.3. The zero-order valence-corrected chi connectivity index (χ0v) is 19.5. The number of nitrogens with two attached hydrogens (primary N) is 1. The zero-order valence-electron chi connectivity index (χ0n) is 18.7. The second kappa shape index (κ2) is 10.1. The number of anilines is 1. The van der Waals surface area contributed by atoms with Gasteiger partial charge in [-0.05, 0) is 72.6 Å². The summed E-state index contributed by atoms with van der Waals surface area (Å²) < 4.78 is 0. The molecule has 3 atom stereocenters. The molecule has 0 unspecified atom stereocenters. The molecule has 1 fully saturated rings. The minimum Gasteiger partial charge on any atom is -0.375 e. The lowest BCUT2D eigenvalue weighted by molar-refractivity contribution is -0.135. The number of fused-ring (bicyclic) bond motifs is 2. The molecule has 1 aliphatic carbocycles. The van der Waals surface area contributed by atoms with E-state index in [0.29, 0.717) is 36.7 Å². The molecule has 8 nitrogen and oxygen atoms in total. The number of hydrogen-bond donors (Lipinski definition) is 2. The summed E-state index contributed by atoms with van der Waals surface area (Å²) in [5, 5.41) is 3.55. The van der Waals surface area contributed by atoms with Crippen LogP contribution in [-0.2, 0) is 17.6 Å². The van der Waals surface area contributed by atoms with Crippen molar-refractivity contribution in [2.75, 3.05) is 53.1 Å². The van der Waals surface area contributed by atoms with Crippen LogP contribution in [0.4, 0.5) is 9.93 Å². The molecule has 3 amide bonds. The lowest BCUT2D eigenvalue weighted by Gasteiger charge is -2.45. The van der Waals surface area contributed by atoms with Crippen LogP contribution in [0, 0.1) is 11.8 Å². The Morgan fingerprint density at radius 2 is 2.07 bits per heavy atom. The first kappa shape index (κ1) is 23.0. The van der Waals surface area contributed by atoms with Gasteiger partial charge < -0.3 is 20.9 Å². The molecule has 1 aromatic heterocycles. The van der Waals surface area contributed by atoms with Crippen molar-refractivity contribution >= 4 is 28.4 Å². The Bertz CT molecular complexity index is 752. The van der Waals surface area contributed by atoms with Crippen molar-refractivity contribution in [1.29, 1.82) is 0 Å². The number of thiazole rings is 1. The Kier molecular flexibility index (Phi) is 7.70. The number of amides is 3. The van der Waals surface area contributed by atoms with Crippen molar-refractivity contribution in [1.82, 2.24) is 25.0 Å². The average molecular weight is 437 g/mol. The monoisotopic (exact) mass is 436 g/mol. The Hall–Kier alpha value is -1.71. The number of hydrogen-bond acceptors (Lipinski definition) is 7. The normalized spacial score (nSPS) is 23.7. The molecule has 2 heterocycles. The molecule has 168 valence electrons. The Morgan fingerprint density at radius 3 is 2.77 bits per heavy atom. The van der Waals surface area contributed by atoms with Crippen LogP contribution in [0.1, 0.15) is 36.8 Å². The van der Waals surface area contributed by atoms with Gasteiger partial charge in [0.15, 0.2) is 5.13 Å². The van der Waals surface area contributed by atoms with Crippen LogP contribution in [-0.4, -0.2) is 85.0 Å². The highest BCUT2D eigenvalue weighted by molar-refractivity contribution is 7.15. The summed E-state index contributed by atoms with van der Waals surface area (Å²) in [6, 6.07) is 0.150. The molecule has 9 heteroatoms. The summed E-state index contributed by atoms with van der Waals surface area (Å²) in [5.41, 5.74) is 7.01. The largest absolute Gasteiger partial charge is 0.375 e. The van der Waals surface area contributed by atoms with Crippen molar-refractivity contribution in [3.05, 3.63) is 10.6 Å². The fourth-order valence-electron chi connectivity index (χ4n) is 4.79. The van der Waals surface area contributed by atoms with E-state index >= 15 is 0 Å². The molecule has 0 spiro atoms. The number of rotatable bonds is 7. The van der Waals surface area contributed by atoms with E-state index in [9.17, 15) is 9.59 Å². The Morgan fingerprint density at radius 1 is 1.30 bits per heavy atom. The molecular weight excluding hydrogens is 400 g/mol. The molecule has 3 rings (SSSR count). The molecule has 1 aliphatic heterocycles. The maximum atomic E-state index is 13.2. The number of piperidine rings is 1. The number of urea groups is 1. The lowest BCUT2D eigenvalue weighted by Crippen LogP contribution is -2.55. The number of aromatic nitrogens is 1. The van der Waals surface area contributed by atoms with Gasteiger partial charge in [0.25, 0.3) is 0 Å². The van der Waals surface area contributed by atoms with E-state index < -0.39 is 0 Å². The molecule has 1 aromatic rings. The molecule has 2 aliphatic rings. The lowest BCUT2D eigenvalue weighted by atomic mass is 9.75. The third kappa shape index (κ3) is 5.31. The topological polar surface area (TPSA) is 94.8 Å². The van der Waals surface area contributed by atoms with Gasteiger partial charge in [-0.15, -0.1) is 11.3 Å². The highest BCUT2D eigenvalue weighted by atomic mass is 32.1. The summed E-state index contributed by atoms with van der Waals surface area (Å²) in [4.78, 5) is 37.4. The van der Waals surface area contributed by atoms with E-state index in [-0.39, 0.29) is 17.9 Å². The van der Waals surface area contributed by atoms with Gasteiger partial charge in [-0.3, -0.25) is 9.69 Å². The van der Waals surface area contributed by atoms with Crippen LogP contribution in [0.2, 0.25) is 0 Å². The number of nitrogen functional groups attached to an aromatic ring is 1. The molecule has 0 saturated carbocycles. The highest BCUT2D eigenvalue weighted by Gasteiger charge is 2.42. The van der Waals surface area contributed by atoms with Crippen LogP contribution >= 0.6 is 11.3 Å². The standard InChI is InChI=1S/C21H36N6O2S/c1-5-27(21(29)23-8-6-7-9-25(2)3)19(28)15-10-14-11-16-18(30-20(22)24-16)12-17(14)26(4)13-15/h14-15,17H,5-13H2,1-4H3,(H2,22,24)(H,23,29)/t14-,15-,17-/m1/s1. The minimum atomic E-state index is -0.268. The van der Waals surface area contributed by atoms with Gasteiger partial charge in [0.1, 0.15) is 0 Å². The molecule has 0 radical (unpaired) electrons. The third-order valence-corrected chi connectivity index (χ3v) is 7.28. The number of likely N-dealkylation sites (tertiary alicyclic amines) is 1. The Balaban J connectivity index is 1.57. The predicted octanol–water partition coefficient (Wildman–Crippen LogP) is 1.66. The first-order valence-corrected chi connectivity index (χ1v) is 11.8. The van der Waals surface area contributed by atoms with Crippen LogP contribution < -0.4 is 11.1 Å². The maximum absolute atomic E-state index is 13.2. The van der Waals surface area contributed by atoms with Crippen molar-refractivity contribution in [3.8, 4) is 0 Å². The highest BCUT2D eigenvalue weighted by Crippen LogP contribution is 2.39. The number of carbonyl (C=O) groups excluding carboxylic acids is 2. The summed E-state index contributed by atoms with van der Waals surface area (Å²) in [6.45, 7) is 4.54. The second-order valence-electron chi connectivity index (χ2n) is 8.85. The number of likely N-dealkylation sites (N-methyl/N-ethyl adjacent to an activating group) is 1. The smallest absolute Gasteiger partial charge is 0.324 e. The number of carbonyl (C=O) groups is 2. The first-order valence-electron chi connectivity index (χ1n) is 11.0. The van der Waals surface area contributed by atoms with Crippen LogP contribution in [0.25, 0.3) is 0 Å². The Labute approximate surface area is 183 Å². The van der Waals surface area contributed by atoms with Crippen molar-refractivity contribution in [3.63, 3.8) is 0 Å². The number of nitrogens with zero attached hydrogens (tertiary/aromatic N) is 4. The maximum Gasteiger partial charge on any atom is 0.324 e. The van der Waals surface area contributed by atoms with Gasteiger partial charge in [0.05, 0.1) is 11.6 Å². The molecule has 0 bridgehead atoms. The summed E-state index contributed by atoms with van der Waals surface area (Å²) in [5.74, 6) is 0.157. The number of imide groups is 1. The quantitative estimate of drug-likeness (QED) is 0.632. The predicted molar refractivity (Wildman–Crippen MR) is 121 cm³/mol. The van der Waals surface area contributed by atoms with Crippen LogP contribution in [0.15, 0.2) is 0 Å². The fourth-order valence-corrected chi connectivity index (χ4v) is 5.69. The van der Waals surface area contributed by atoms with Crippen LogP contribution in [0.3, 0.4) is 0 Å². The molecule has 0 aromatic carbocycles. The minimum absolute atomic E-state index is 0.0582. The molecule has 1 saturated heterocycles. The SMILES string of the molecule is CCN(C(=O)NCCCCN(C)C)C(=O)[C@@H]1C[C@@H]2Cc3nc(N)sc3C[C@H]2N(C)C1. The number of nitrogens with one attached hydrogen (secondary N) is 1. The second-order valence-corrected chi connectivity index (χ2v) is 9.97.